The standard InChI is InChI=1S/C31H39N3O3/c1-20-11-13-31(37)26-17-24-9-10-25(28(35)27(24)30(31,18-20)14-16-34(26)4)29(36)33-15-12-22-5-7-23(8-6-22)21(2)19-32-3/h5-10,19,26,32,35,37H,1,11-18H2,2-4H3,(H,33,36)/b21-19+/t26?,30?,31-/m1/s1. The average Bonchev–Trinajstić information content (AvgIpc) is 2.87. The van der Waals surface area contributed by atoms with Gasteiger partial charge in [-0.2, -0.15) is 0 Å². The molecule has 0 spiro atoms. The number of fused-ring (bicyclic) bond motifs is 1. The normalized spacial score (nSPS) is 27.3. The fourth-order valence-corrected chi connectivity index (χ4v) is 7.09. The van der Waals surface area contributed by atoms with E-state index in [1.165, 1.54) is 0 Å². The number of carbonyl (C=O) groups is 1. The molecule has 5 rings (SSSR count). The van der Waals surface area contributed by atoms with Crippen LogP contribution in [0.25, 0.3) is 5.57 Å². The van der Waals surface area contributed by atoms with Crippen LogP contribution in [0.3, 0.4) is 0 Å². The second-order valence-electron chi connectivity index (χ2n) is 11.2. The molecule has 4 N–H and O–H groups in total. The van der Waals surface area contributed by atoms with Gasteiger partial charge in [0.15, 0.2) is 0 Å². The molecule has 1 aliphatic heterocycles. The van der Waals surface area contributed by atoms with Crippen LogP contribution in [0.4, 0.5) is 0 Å². The molecule has 3 aliphatic rings. The highest BCUT2D eigenvalue weighted by Crippen LogP contribution is 2.60. The van der Waals surface area contributed by atoms with Gasteiger partial charge in [-0.05, 0) is 93.6 Å². The van der Waals surface area contributed by atoms with Gasteiger partial charge in [-0.3, -0.25) is 4.79 Å². The third-order valence-electron chi connectivity index (χ3n) is 9.08. The van der Waals surface area contributed by atoms with Crippen molar-refractivity contribution in [3.8, 4) is 5.75 Å². The lowest BCUT2D eigenvalue weighted by Crippen LogP contribution is -2.71. The lowest BCUT2D eigenvalue weighted by molar-refractivity contribution is -0.153. The van der Waals surface area contributed by atoms with Gasteiger partial charge in [0.25, 0.3) is 5.91 Å². The van der Waals surface area contributed by atoms with E-state index in [0.29, 0.717) is 32.2 Å². The fourth-order valence-electron chi connectivity index (χ4n) is 7.09. The Morgan fingerprint density at radius 1 is 1.22 bits per heavy atom. The number of hydrogen-bond acceptors (Lipinski definition) is 5. The van der Waals surface area contributed by atoms with Crippen molar-refractivity contribution in [3.05, 3.63) is 82.6 Å². The van der Waals surface area contributed by atoms with Gasteiger partial charge in [-0.25, -0.2) is 0 Å². The first-order valence-electron chi connectivity index (χ1n) is 13.4. The zero-order chi connectivity index (χ0) is 26.4. The van der Waals surface area contributed by atoms with E-state index in [1.54, 1.807) is 6.07 Å². The lowest BCUT2D eigenvalue weighted by atomic mass is 9.48. The molecule has 2 aromatic rings. The summed E-state index contributed by atoms with van der Waals surface area (Å²) in [7, 11) is 3.97. The second kappa shape index (κ2) is 9.66. The predicted molar refractivity (Wildman–Crippen MR) is 148 cm³/mol. The summed E-state index contributed by atoms with van der Waals surface area (Å²) in [6, 6.07) is 12.1. The van der Waals surface area contributed by atoms with E-state index in [-0.39, 0.29) is 23.3 Å². The van der Waals surface area contributed by atoms with Crippen LogP contribution in [-0.4, -0.2) is 59.8 Å². The minimum atomic E-state index is -0.937. The predicted octanol–water partition coefficient (Wildman–Crippen LogP) is 3.91. The number of allylic oxidation sites excluding steroid dienone is 2. The smallest absolute Gasteiger partial charge is 0.255 e. The van der Waals surface area contributed by atoms with Gasteiger partial charge < -0.3 is 25.7 Å². The zero-order valence-corrected chi connectivity index (χ0v) is 22.2. The quantitative estimate of drug-likeness (QED) is 0.451. The van der Waals surface area contributed by atoms with Crippen LogP contribution in [0.15, 0.2) is 54.8 Å². The lowest BCUT2D eigenvalue weighted by Gasteiger charge is -2.63. The van der Waals surface area contributed by atoms with Crippen molar-refractivity contribution in [2.45, 2.75) is 62.5 Å². The summed E-state index contributed by atoms with van der Waals surface area (Å²) < 4.78 is 0. The van der Waals surface area contributed by atoms with Gasteiger partial charge in [0.05, 0.1) is 11.2 Å². The molecule has 2 aliphatic carbocycles. The van der Waals surface area contributed by atoms with Crippen LogP contribution in [0.5, 0.6) is 5.75 Å². The van der Waals surface area contributed by atoms with E-state index >= 15 is 0 Å². The molecule has 0 radical (unpaired) electrons. The minimum Gasteiger partial charge on any atom is -0.507 e. The summed E-state index contributed by atoms with van der Waals surface area (Å²) in [4.78, 5) is 15.5. The van der Waals surface area contributed by atoms with Crippen LogP contribution < -0.4 is 10.6 Å². The summed E-state index contributed by atoms with van der Waals surface area (Å²) in [6.07, 6.45) is 6.16. The van der Waals surface area contributed by atoms with Gasteiger partial charge in [0, 0.05) is 30.6 Å². The number of nitrogens with zero attached hydrogens (tertiary/aromatic N) is 1. The first kappa shape index (κ1) is 25.6. The summed E-state index contributed by atoms with van der Waals surface area (Å²) in [6.45, 7) is 7.64. The largest absolute Gasteiger partial charge is 0.507 e. The highest BCUT2D eigenvalue weighted by molar-refractivity contribution is 5.97. The van der Waals surface area contributed by atoms with Crippen molar-refractivity contribution in [1.29, 1.82) is 0 Å². The van der Waals surface area contributed by atoms with E-state index in [9.17, 15) is 15.0 Å². The molecule has 3 atom stereocenters. The SMILES string of the molecule is C=C1CC[C@@]2(O)C3Cc4ccc(C(=O)NCCc5ccc(/C(C)=C/NC)cc5)c(O)c4C2(CCN3C)C1. The molecule has 1 saturated carbocycles. The number of likely N-dealkylation sites (N-methyl/N-ethyl adjacent to an activating group) is 1. The number of phenols is 1. The molecule has 2 fully saturated rings. The molecule has 2 bridgehead atoms. The van der Waals surface area contributed by atoms with Crippen molar-refractivity contribution < 1.29 is 15.0 Å². The van der Waals surface area contributed by atoms with Crippen molar-refractivity contribution >= 4 is 11.5 Å². The van der Waals surface area contributed by atoms with E-state index in [4.69, 9.17) is 0 Å². The molecule has 2 unspecified atom stereocenters. The van der Waals surface area contributed by atoms with Crippen LogP contribution in [-0.2, 0) is 18.3 Å². The highest BCUT2D eigenvalue weighted by atomic mass is 16.3. The second-order valence-corrected chi connectivity index (χ2v) is 11.2. The Labute approximate surface area is 220 Å². The third kappa shape index (κ3) is 4.16. The Morgan fingerprint density at radius 3 is 2.70 bits per heavy atom. The molecule has 196 valence electrons. The number of carbonyl (C=O) groups excluding carboxylic acids is 1. The number of aromatic hydroxyl groups is 1. The van der Waals surface area contributed by atoms with Crippen LogP contribution in [0, 0.1) is 0 Å². The maximum Gasteiger partial charge on any atom is 0.255 e. The highest BCUT2D eigenvalue weighted by Gasteiger charge is 2.64. The van der Waals surface area contributed by atoms with Crippen molar-refractivity contribution in [3.63, 3.8) is 0 Å². The summed E-state index contributed by atoms with van der Waals surface area (Å²) in [5, 5.41) is 29.7. The molecule has 37 heavy (non-hydrogen) atoms. The molecule has 0 aromatic heterocycles. The number of amides is 1. The first-order valence-corrected chi connectivity index (χ1v) is 13.4. The third-order valence-corrected chi connectivity index (χ3v) is 9.08. The Hall–Kier alpha value is -3.09. The van der Waals surface area contributed by atoms with Crippen molar-refractivity contribution in [1.82, 2.24) is 15.5 Å². The summed E-state index contributed by atoms with van der Waals surface area (Å²) in [5.74, 6) is -0.253. The average molecular weight is 502 g/mol. The number of likely N-dealkylation sites (tertiary alicyclic amines) is 1. The number of benzene rings is 2. The molecular formula is C31H39N3O3. The van der Waals surface area contributed by atoms with Gasteiger partial charge in [0.1, 0.15) is 5.75 Å². The first-order chi connectivity index (χ1) is 17.7. The molecular weight excluding hydrogens is 462 g/mol. The van der Waals surface area contributed by atoms with Gasteiger partial charge in [-0.1, -0.05) is 42.5 Å². The minimum absolute atomic E-state index is 0.00447. The molecule has 1 amide bonds. The Kier molecular flexibility index (Phi) is 6.67. The molecule has 6 nitrogen and oxygen atoms in total. The molecule has 1 heterocycles. The zero-order valence-electron chi connectivity index (χ0n) is 22.2. The van der Waals surface area contributed by atoms with E-state index in [0.717, 1.165) is 52.8 Å². The molecule has 2 aromatic carbocycles. The number of piperidine rings is 1. The van der Waals surface area contributed by atoms with E-state index in [1.807, 2.05) is 19.3 Å². The summed E-state index contributed by atoms with van der Waals surface area (Å²) >= 11 is 0. The van der Waals surface area contributed by atoms with Crippen LogP contribution in [0.1, 0.15) is 65.2 Å². The van der Waals surface area contributed by atoms with Gasteiger partial charge in [-0.15, -0.1) is 0 Å². The van der Waals surface area contributed by atoms with Gasteiger partial charge >= 0.3 is 0 Å². The number of nitrogens with one attached hydrogen (secondary N) is 2. The number of phenolic OH excluding ortho intramolecular Hbond substituents is 1. The Bertz CT molecular complexity index is 1250. The van der Waals surface area contributed by atoms with Crippen molar-refractivity contribution in [2.75, 3.05) is 27.2 Å². The topological polar surface area (TPSA) is 84.8 Å². The van der Waals surface area contributed by atoms with Crippen LogP contribution >= 0.6 is 0 Å². The molecule has 1 saturated heterocycles. The Balaban J connectivity index is 1.36. The fraction of sp³-hybridized carbons (Fsp3) is 0.452. The summed E-state index contributed by atoms with van der Waals surface area (Å²) in [5.41, 5.74) is 5.11. The number of hydrogen-bond donors (Lipinski definition) is 4. The molecule has 6 heteroatoms. The van der Waals surface area contributed by atoms with E-state index in [2.05, 4.69) is 60.3 Å². The van der Waals surface area contributed by atoms with E-state index < -0.39 is 11.0 Å². The van der Waals surface area contributed by atoms with Crippen molar-refractivity contribution in [2.24, 2.45) is 0 Å². The maximum atomic E-state index is 13.2. The maximum absolute atomic E-state index is 13.2. The number of aliphatic hydroxyl groups is 1. The Morgan fingerprint density at radius 2 is 1.97 bits per heavy atom. The van der Waals surface area contributed by atoms with Gasteiger partial charge in [0.2, 0.25) is 0 Å². The van der Waals surface area contributed by atoms with Crippen LogP contribution in [0.2, 0.25) is 0 Å². The number of rotatable bonds is 6. The monoisotopic (exact) mass is 501 g/mol.